The molecular formula is C14H13ClFN3O2. The molecule has 0 radical (unpaired) electrons. The van der Waals surface area contributed by atoms with Gasteiger partial charge in [0.15, 0.2) is 5.69 Å². The summed E-state index contributed by atoms with van der Waals surface area (Å²) in [6, 6.07) is 6.58. The van der Waals surface area contributed by atoms with Gasteiger partial charge in [-0.05, 0) is 30.7 Å². The molecule has 0 fully saturated rings. The number of hydrogen-bond donors (Lipinski definition) is 1. The van der Waals surface area contributed by atoms with Gasteiger partial charge >= 0.3 is 0 Å². The fraction of sp³-hybridized carbons (Fsp3) is 0.214. The van der Waals surface area contributed by atoms with Crippen molar-refractivity contribution in [2.24, 2.45) is 0 Å². The minimum atomic E-state index is -0.536. The zero-order valence-electron chi connectivity index (χ0n) is 11.3. The summed E-state index contributed by atoms with van der Waals surface area (Å²) >= 11 is 5.97. The second kappa shape index (κ2) is 6.49. The van der Waals surface area contributed by atoms with Crippen LogP contribution in [0.1, 0.15) is 13.3 Å². The predicted octanol–water partition coefficient (Wildman–Crippen LogP) is 4.27. The molecule has 0 aliphatic rings. The number of hydrogen-bond acceptors (Lipinski definition) is 4. The molecule has 1 aromatic heterocycles. The maximum Gasteiger partial charge on any atom is 0.295 e. The molecule has 5 nitrogen and oxygen atoms in total. The lowest BCUT2D eigenvalue weighted by molar-refractivity contribution is -0.384. The van der Waals surface area contributed by atoms with Gasteiger partial charge in [0.1, 0.15) is 11.6 Å². The lowest BCUT2D eigenvalue weighted by atomic mass is 10.1. The number of pyridine rings is 1. The molecule has 110 valence electrons. The van der Waals surface area contributed by atoms with Gasteiger partial charge in [-0.2, -0.15) is 0 Å². The number of aromatic nitrogens is 1. The van der Waals surface area contributed by atoms with Crippen LogP contribution in [0.15, 0.2) is 30.3 Å². The molecule has 1 heterocycles. The lowest BCUT2D eigenvalue weighted by Gasteiger charge is -2.08. The highest BCUT2D eigenvalue weighted by atomic mass is 35.5. The van der Waals surface area contributed by atoms with Gasteiger partial charge in [-0.15, -0.1) is 0 Å². The van der Waals surface area contributed by atoms with E-state index in [4.69, 9.17) is 11.6 Å². The Morgan fingerprint density at radius 1 is 1.38 bits per heavy atom. The van der Waals surface area contributed by atoms with Gasteiger partial charge in [0.25, 0.3) is 5.69 Å². The van der Waals surface area contributed by atoms with Gasteiger partial charge < -0.3 is 5.32 Å². The molecule has 1 aromatic carbocycles. The number of rotatable bonds is 5. The van der Waals surface area contributed by atoms with Crippen LogP contribution in [0.25, 0.3) is 11.3 Å². The van der Waals surface area contributed by atoms with Gasteiger partial charge in [-0.3, -0.25) is 10.1 Å². The SMILES string of the molecule is CCCNc1ccc([N+](=O)[O-])c(-c2ccc(F)cc2Cl)n1. The van der Waals surface area contributed by atoms with Gasteiger partial charge in [0.2, 0.25) is 0 Å². The maximum absolute atomic E-state index is 13.1. The Morgan fingerprint density at radius 3 is 2.76 bits per heavy atom. The van der Waals surface area contributed by atoms with Crippen molar-refractivity contribution in [2.75, 3.05) is 11.9 Å². The predicted molar refractivity (Wildman–Crippen MR) is 80.1 cm³/mol. The van der Waals surface area contributed by atoms with Crippen molar-refractivity contribution in [3.8, 4) is 11.3 Å². The van der Waals surface area contributed by atoms with Crippen LogP contribution in [-0.2, 0) is 0 Å². The fourth-order valence-corrected chi connectivity index (χ4v) is 2.09. The molecule has 1 N–H and O–H groups in total. The maximum atomic E-state index is 13.1. The second-order valence-corrected chi connectivity index (χ2v) is 4.78. The quantitative estimate of drug-likeness (QED) is 0.661. The van der Waals surface area contributed by atoms with E-state index in [1.807, 2.05) is 6.92 Å². The Labute approximate surface area is 125 Å². The first-order valence-electron chi connectivity index (χ1n) is 6.37. The first kappa shape index (κ1) is 15.2. The van der Waals surface area contributed by atoms with Crippen molar-refractivity contribution in [2.45, 2.75) is 13.3 Å². The van der Waals surface area contributed by atoms with E-state index in [2.05, 4.69) is 10.3 Å². The Balaban J connectivity index is 2.54. The monoisotopic (exact) mass is 309 g/mol. The highest BCUT2D eigenvalue weighted by molar-refractivity contribution is 6.33. The first-order chi connectivity index (χ1) is 10.0. The normalized spacial score (nSPS) is 10.4. The highest BCUT2D eigenvalue weighted by Crippen LogP contribution is 2.34. The Morgan fingerprint density at radius 2 is 2.14 bits per heavy atom. The summed E-state index contributed by atoms with van der Waals surface area (Å²) in [5, 5.41) is 14.3. The Kier molecular flexibility index (Phi) is 4.70. The first-order valence-corrected chi connectivity index (χ1v) is 6.75. The van der Waals surface area contributed by atoms with Gasteiger partial charge in [0, 0.05) is 18.2 Å². The topological polar surface area (TPSA) is 68.1 Å². The zero-order valence-corrected chi connectivity index (χ0v) is 12.0. The Bertz CT molecular complexity index is 679. The summed E-state index contributed by atoms with van der Waals surface area (Å²) < 4.78 is 13.1. The molecule has 0 saturated carbocycles. The van der Waals surface area contributed by atoms with Crippen molar-refractivity contribution < 1.29 is 9.31 Å². The van der Waals surface area contributed by atoms with Crippen LogP contribution in [-0.4, -0.2) is 16.5 Å². The van der Waals surface area contributed by atoms with Crippen molar-refractivity contribution >= 4 is 23.1 Å². The number of nitro groups is 1. The summed E-state index contributed by atoms with van der Waals surface area (Å²) in [5.74, 6) is 0.00417. The molecule has 0 bridgehead atoms. The summed E-state index contributed by atoms with van der Waals surface area (Å²) in [6.07, 6.45) is 0.894. The molecule has 0 amide bonds. The Hall–Kier alpha value is -2.21. The number of nitrogens with one attached hydrogen (secondary N) is 1. The largest absolute Gasteiger partial charge is 0.370 e. The van der Waals surface area contributed by atoms with Crippen LogP contribution >= 0.6 is 11.6 Å². The average molecular weight is 310 g/mol. The average Bonchev–Trinajstić information content (AvgIpc) is 2.44. The van der Waals surface area contributed by atoms with Gasteiger partial charge in [-0.1, -0.05) is 18.5 Å². The molecule has 0 aliphatic heterocycles. The second-order valence-electron chi connectivity index (χ2n) is 4.37. The van der Waals surface area contributed by atoms with Crippen molar-refractivity contribution in [1.29, 1.82) is 0 Å². The molecule has 2 aromatic rings. The standard InChI is InChI=1S/C14H13ClFN3O2/c1-2-7-17-13-6-5-12(19(20)21)14(18-13)10-4-3-9(16)8-11(10)15/h3-6,8H,2,7H2,1H3,(H,17,18). The molecule has 0 spiro atoms. The third-order valence-corrected chi connectivity index (χ3v) is 3.13. The zero-order chi connectivity index (χ0) is 15.4. The van der Waals surface area contributed by atoms with Crippen LogP contribution in [0, 0.1) is 15.9 Å². The molecule has 0 unspecified atom stereocenters. The third kappa shape index (κ3) is 3.46. The van der Waals surface area contributed by atoms with Crippen molar-refractivity contribution in [3.63, 3.8) is 0 Å². The molecule has 0 atom stereocenters. The molecule has 0 saturated heterocycles. The van der Waals surface area contributed by atoms with E-state index in [0.29, 0.717) is 17.9 Å². The van der Waals surface area contributed by atoms with Crippen molar-refractivity contribution in [1.82, 2.24) is 4.98 Å². The van der Waals surface area contributed by atoms with Gasteiger partial charge in [0.05, 0.1) is 9.95 Å². The summed E-state index contributed by atoms with van der Waals surface area (Å²) in [6.45, 7) is 2.69. The van der Waals surface area contributed by atoms with E-state index < -0.39 is 10.7 Å². The molecule has 2 rings (SSSR count). The van der Waals surface area contributed by atoms with Crippen LogP contribution < -0.4 is 5.32 Å². The smallest absolute Gasteiger partial charge is 0.295 e. The number of halogens is 2. The fourth-order valence-electron chi connectivity index (χ4n) is 1.83. The van der Waals surface area contributed by atoms with Crippen molar-refractivity contribution in [3.05, 3.63) is 51.3 Å². The van der Waals surface area contributed by atoms with E-state index in [1.54, 1.807) is 0 Å². The highest BCUT2D eigenvalue weighted by Gasteiger charge is 2.20. The molecule has 7 heteroatoms. The van der Waals surface area contributed by atoms with Crippen LogP contribution in [0.3, 0.4) is 0 Å². The molecule has 21 heavy (non-hydrogen) atoms. The minimum absolute atomic E-state index is 0.0817. The van der Waals surface area contributed by atoms with Gasteiger partial charge in [-0.25, -0.2) is 9.37 Å². The molecular weight excluding hydrogens is 297 g/mol. The van der Waals surface area contributed by atoms with E-state index in [1.165, 1.54) is 24.3 Å². The molecule has 0 aliphatic carbocycles. The van der Waals surface area contributed by atoms with E-state index in [0.717, 1.165) is 12.5 Å². The summed E-state index contributed by atoms with van der Waals surface area (Å²) in [7, 11) is 0. The third-order valence-electron chi connectivity index (χ3n) is 2.81. The summed E-state index contributed by atoms with van der Waals surface area (Å²) in [5.41, 5.74) is 0.265. The summed E-state index contributed by atoms with van der Waals surface area (Å²) in [4.78, 5) is 14.8. The minimum Gasteiger partial charge on any atom is -0.370 e. The van der Waals surface area contributed by atoms with Crippen LogP contribution in [0.5, 0.6) is 0 Å². The lowest BCUT2D eigenvalue weighted by Crippen LogP contribution is -2.04. The van der Waals surface area contributed by atoms with Crippen LogP contribution in [0.2, 0.25) is 5.02 Å². The van der Waals surface area contributed by atoms with Crippen LogP contribution in [0.4, 0.5) is 15.9 Å². The number of nitrogens with zero attached hydrogens (tertiary/aromatic N) is 2. The number of anilines is 1. The van der Waals surface area contributed by atoms with E-state index in [9.17, 15) is 14.5 Å². The number of benzene rings is 1. The van der Waals surface area contributed by atoms with E-state index in [-0.39, 0.29) is 16.4 Å². The van der Waals surface area contributed by atoms with E-state index >= 15 is 0 Å².